The zero-order valence-corrected chi connectivity index (χ0v) is 9.12. The number of carbonyl (C=O) groups is 1. The van der Waals surface area contributed by atoms with Gasteiger partial charge in [-0.2, -0.15) is 5.26 Å². The minimum atomic E-state index is -0.0717. The lowest BCUT2D eigenvalue weighted by Gasteiger charge is -2.30. The SMILES string of the molecule is CN(CC(=O)NCC#N)C1CCNCC1. The Bertz CT molecular complexity index is 242. The van der Waals surface area contributed by atoms with Crippen molar-refractivity contribution in [2.24, 2.45) is 0 Å². The van der Waals surface area contributed by atoms with Crippen molar-refractivity contribution in [3.8, 4) is 6.07 Å². The topological polar surface area (TPSA) is 68.2 Å². The van der Waals surface area contributed by atoms with Crippen LogP contribution in [-0.4, -0.2) is 50.1 Å². The summed E-state index contributed by atoms with van der Waals surface area (Å²) in [4.78, 5) is 13.4. The van der Waals surface area contributed by atoms with Gasteiger partial charge in [-0.25, -0.2) is 0 Å². The molecule has 5 heteroatoms. The zero-order chi connectivity index (χ0) is 11.1. The maximum Gasteiger partial charge on any atom is 0.235 e. The number of hydrogen-bond acceptors (Lipinski definition) is 4. The molecule has 15 heavy (non-hydrogen) atoms. The molecule has 0 unspecified atom stereocenters. The molecule has 0 aromatic rings. The molecule has 1 aliphatic rings. The summed E-state index contributed by atoms with van der Waals surface area (Å²) in [6.45, 7) is 2.52. The van der Waals surface area contributed by atoms with Crippen molar-refractivity contribution in [1.82, 2.24) is 15.5 Å². The highest BCUT2D eigenvalue weighted by molar-refractivity contribution is 5.78. The Hall–Kier alpha value is -1.12. The van der Waals surface area contributed by atoms with E-state index in [1.807, 2.05) is 13.1 Å². The number of nitriles is 1. The first-order valence-electron chi connectivity index (χ1n) is 5.28. The lowest BCUT2D eigenvalue weighted by Crippen LogP contribution is -2.45. The molecule has 0 bridgehead atoms. The summed E-state index contributed by atoms with van der Waals surface area (Å²) in [7, 11) is 1.96. The van der Waals surface area contributed by atoms with Gasteiger partial charge < -0.3 is 10.6 Å². The Balaban J connectivity index is 2.24. The number of likely N-dealkylation sites (N-methyl/N-ethyl adjacent to an activating group) is 1. The summed E-state index contributed by atoms with van der Waals surface area (Å²) in [5, 5.41) is 14.1. The van der Waals surface area contributed by atoms with Gasteiger partial charge >= 0.3 is 0 Å². The van der Waals surface area contributed by atoms with E-state index < -0.39 is 0 Å². The smallest absolute Gasteiger partial charge is 0.235 e. The summed E-state index contributed by atoms with van der Waals surface area (Å²) in [5.74, 6) is -0.0717. The van der Waals surface area contributed by atoms with Gasteiger partial charge in [0, 0.05) is 6.04 Å². The van der Waals surface area contributed by atoms with Crippen molar-refractivity contribution in [1.29, 1.82) is 5.26 Å². The normalized spacial score (nSPS) is 17.4. The van der Waals surface area contributed by atoms with E-state index in [0.717, 1.165) is 25.9 Å². The van der Waals surface area contributed by atoms with Crippen molar-refractivity contribution in [2.75, 3.05) is 33.2 Å². The molecule has 5 nitrogen and oxygen atoms in total. The first kappa shape index (κ1) is 12.0. The Labute approximate surface area is 90.4 Å². The third-order valence-corrected chi connectivity index (χ3v) is 2.69. The predicted molar refractivity (Wildman–Crippen MR) is 57.1 cm³/mol. The van der Waals surface area contributed by atoms with E-state index in [1.54, 1.807) is 0 Å². The highest BCUT2D eigenvalue weighted by Crippen LogP contribution is 2.08. The number of nitrogens with one attached hydrogen (secondary N) is 2. The fourth-order valence-corrected chi connectivity index (χ4v) is 1.80. The third kappa shape index (κ3) is 4.28. The molecule has 0 aliphatic carbocycles. The van der Waals surface area contributed by atoms with Crippen molar-refractivity contribution >= 4 is 5.91 Å². The number of hydrogen-bond donors (Lipinski definition) is 2. The van der Waals surface area contributed by atoms with Crippen LogP contribution in [0.25, 0.3) is 0 Å². The van der Waals surface area contributed by atoms with E-state index >= 15 is 0 Å². The Morgan fingerprint density at radius 2 is 2.27 bits per heavy atom. The Morgan fingerprint density at radius 3 is 2.87 bits per heavy atom. The van der Waals surface area contributed by atoms with Crippen LogP contribution in [0.15, 0.2) is 0 Å². The van der Waals surface area contributed by atoms with Gasteiger partial charge in [0.05, 0.1) is 12.6 Å². The van der Waals surface area contributed by atoms with Crippen LogP contribution in [0.3, 0.4) is 0 Å². The molecule has 1 amide bonds. The third-order valence-electron chi connectivity index (χ3n) is 2.69. The Morgan fingerprint density at radius 1 is 1.60 bits per heavy atom. The summed E-state index contributed by atoms with van der Waals surface area (Å²) >= 11 is 0. The molecule has 0 radical (unpaired) electrons. The molecular weight excluding hydrogens is 192 g/mol. The van der Waals surface area contributed by atoms with Gasteiger partial charge in [0.2, 0.25) is 5.91 Å². The number of amides is 1. The van der Waals surface area contributed by atoms with Gasteiger partial charge in [-0.05, 0) is 33.0 Å². The second-order valence-electron chi connectivity index (χ2n) is 3.83. The second kappa shape index (κ2) is 6.38. The van der Waals surface area contributed by atoms with Crippen LogP contribution >= 0.6 is 0 Å². The van der Waals surface area contributed by atoms with E-state index in [4.69, 9.17) is 5.26 Å². The predicted octanol–water partition coefficient (Wildman–Crippen LogP) is -0.690. The van der Waals surface area contributed by atoms with Crippen molar-refractivity contribution in [3.63, 3.8) is 0 Å². The van der Waals surface area contributed by atoms with Crippen LogP contribution < -0.4 is 10.6 Å². The van der Waals surface area contributed by atoms with Crippen LogP contribution in [-0.2, 0) is 4.79 Å². The average Bonchev–Trinajstić information content (AvgIpc) is 2.27. The van der Waals surface area contributed by atoms with E-state index in [2.05, 4.69) is 15.5 Å². The molecular formula is C10H18N4O. The van der Waals surface area contributed by atoms with Crippen molar-refractivity contribution < 1.29 is 4.79 Å². The fourth-order valence-electron chi connectivity index (χ4n) is 1.80. The molecule has 0 atom stereocenters. The molecule has 1 aliphatic heterocycles. The summed E-state index contributed by atoms with van der Waals surface area (Å²) < 4.78 is 0. The summed E-state index contributed by atoms with van der Waals surface area (Å²) in [6.07, 6.45) is 2.17. The maximum absolute atomic E-state index is 11.3. The van der Waals surface area contributed by atoms with Crippen molar-refractivity contribution in [3.05, 3.63) is 0 Å². The fraction of sp³-hybridized carbons (Fsp3) is 0.800. The van der Waals surface area contributed by atoms with Crippen LogP contribution in [0, 0.1) is 11.3 Å². The zero-order valence-electron chi connectivity index (χ0n) is 9.12. The first-order chi connectivity index (χ1) is 7.24. The molecule has 1 rings (SSSR count). The summed E-state index contributed by atoms with van der Waals surface area (Å²) in [6, 6.07) is 2.38. The molecule has 1 fully saturated rings. The van der Waals surface area contributed by atoms with Gasteiger partial charge in [-0.3, -0.25) is 9.69 Å². The van der Waals surface area contributed by atoms with Gasteiger partial charge in [-0.15, -0.1) is 0 Å². The average molecular weight is 210 g/mol. The van der Waals surface area contributed by atoms with E-state index in [1.165, 1.54) is 0 Å². The van der Waals surface area contributed by atoms with Crippen molar-refractivity contribution in [2.45, 2.75) is 18.9 Å². The quantitative estimate of drug-likeness (QED) is 0.603. The highest BCUT2D eigenvalue weighted by atomic mass is 16.2. The minimum Gasteiger partial charge on any atom is -0.342 e. The lowest BCUT2D eigenvalue weighted by atomic mass is 10.1. The first-order valence-corrected chi connectivity index (χ1v) is 5.28. The molecule has 0 aromatic carbocycles. The molecule has 0 saturated carbocycles. The molecule has 2 N–H and O–H groups in total. The lowest BCUT2D eigenvalue weighted by molar-refractivity contribution is -0.122. The monoisotopic (exact) mass is 210 g/mol. The van der Waals surface area contributed by atoms with Gasteiger partial charge in [0.25, 0.3) is 0 Å². The molecule has 0 aromatic heterocycles. The number of rotatable bonds is 4. The van der Waals surface area contributed by atoms with Crippen LogP contribution in [0.5, 0.6) is 0 Å². The van der Waals surface area contributed by atoms with Gasteiger partial charge in [-0.1, -0.05) is 0 Å². The van der Waals surface area contributed by atoms with Crippen LogP contribution in [0.4, 0.5) is 0 Å². The molecule has 0 spiro atoms. The van der Waals surface area contributed by atoms with E-state index in [0.29, 0.717) is 12.6 Å². The maximum atomic E-state index is 11.3. The number of piperidine rings is 1. The van der Waals surface area contributed by atoms with Crippen LogP contribution in [0.2, 0.25) is 0 Å². The van der Waals surface area contributed by atoms with Crippen LogP contribution in [0.1, 0.15) is 12.8 Å². The van der Waals surface area contributed by atoms with E-state index in [-0.39, 0.29) is 12.5 Å². The standard InChI is InChI=1S/C10H18N4O/c1-14(8-10(15)13-7-4-11)9-2-5-12-6-3-9/h9,12H,2-3,5-8H2,1H3,(H,13,15). The van der Waals surface area contributed by atoms with Gasteiger partial charge in [0.15, 0.2) is 0 Å². The molecule has 84 valence electrons. The molecule has 1 saturated heterocycles. The largest absolute Gasteiger partial charge is 0.342 e. The van der Waals surface area contributed by atoms with Gasteiger partial charge in [0.1, 0.15) is 6.54 Å². The molecule has 1 heterocycles. The summed E-state index contributed by atoms with van der Waals surface area (Å²) in [5.41, 5.74) is 0. The number of carbonyl (C=O) groups excluding carboxylic acids is 1. The van der Waals surface area contributed by atoms with E-state index in [9.17, 15) is 4.79 Å². The minimum absolute atomic E-state index is 0.0717. The second-order valence-corrected chi connectivity index (χ2v) is 3.83. The number of nitrogens with zero attached hydrogens (tertiary/aromatic N) is 2. The highest BCUT2D eigenvalue weighted by Gasteiger charge is 2.19. The Kier molecular flexibility index (Phi) is 5.08.